The zero-order valence-electron chi connectivity index (χ0n) is 6.82. The van der Waals surface area contributed by atoms with E-state index in [1.165, 1.54) is 12.8 Å². The van der Waals surface area contributed by atoms with Crippen LogP contribution in [-0.4, -0.2) is 28.7 Å². The Balaban J connectivity index is 2.44. The van der Waals surface area contributed by atoms with E-state index in [0.717, 1.165) is 13.0 Å². The predicted molar refractivity (Wildman–Crippen MR) is 43.4 cm³/mol. The lowest BCUT2D eigenvalue weighted by Crippen LogP contribution is -2.39. The minimum atomic E-state index is 0.259. The molecule has 4 heteroatoms. The van der Waals surface area contributed by atoms with Crippen molar-refractivity contribution in [3.63, 3.8) is 0 Å². The second-order valence-corrected chi connectivity index (χ2v) is 2.88. The van der Waals surface area contributed by atoms with Crippen LogP contribution < -0.4 is 5.73 Å². The topological polar surface area (TPSA) is 61.8 Å². The van der Waals surface area contributed by atoms with Gasteiger partial charge in [-0.1, -0.05) is 12.1 Å². The monoisotopic (exact) mass is 157 g/mol. The van der Waals surface area contributed by atoms with E-state index in [2.05, 4.69) is 12.1 Å². The molecule has 0 aromatic heterocycles. The third-order valence-electron chi connectivity index (χ3n) is 1.85. The second kappa shape index (κ2) is 3.46. The molecule has 0 aromatic carbocycles. The Bertz CT molecular complexity index is 154. The molecule has 0 aromatic rings. The summed E-state index contributed by atoms with van der Waals surface area (Å²) in [7, 11) is 0. The summed E-state index contributed by atoms with van der Waals surface area (Å²) in [5.41, 5.74) is 5.47. The largest absolute Gasteiger partial charge is 0.408 e. The van der Waals surface area contributed by atoms with Gasteiger partial charge in [0, 0.05) is 12.6 Å². The van der Waals surface area contributed by atoms with E-state index < -0.39 is 0 Å². The zero-order valence-corrected chi connectivity index (χ0v) is 6.82. The quantitative estimate of drug-likeness (QED) is 0.272. The summed E-state index contributed by atoms with van der Waals surface area (Å²) in [4.78, 5) is 1.96. The van der Waals surface area contributed by atoms with Crippen LogP contribution in [0.4, 0.5) is 0 Å². The number of hydrogen-bond donors (Lipinski definition) is 2. The molecule has 1 rings (SSSR count). The van der Waals surface area contributed by atoms with Crippen molar-refractivity contribution in [1.29, 1.82) is 0 Å². The summed E-state index contributed by atoms with van der Waals surface area (Å²) < 4.78 is 0. The van der Waals surface area contributed by atoms with Crippen LogP contribution in [0.3, 0.4) is 0 Å². The molecule has 4 nitrogen and oxygen atoms in total. The highest BCUT2D eigenvalue weighted by molar-refractivity contribution is 5.78. The van der Waals surface area contributed by atoms with Crippen molar-refractivity contribution in [3.8, 4) is 0 Å². The van der Waals surface area contributed by atoms with Gasteiger partial charge in [0.1, 0.15) is 0 Å². The molecule has 1 aliphatic carbocycles. The Hall–Kier alpha value is -0.930. The van der Waals surface area contributed by atoms with Crippen LogP contribution in [-0.2, 0) is 0 Å². The van der Waals surface area contributed by atoms with Crippen LogP contribution in [0.5, 0.6) is 0 Å². The molecule has 0 radical (unpaired) electrons. The number of rotatable bonds is 3. The van der Waals surface area contributed by atoms with Crippen molar-refractivity contribution < 1.29 is 5.21 Å². The fourth-order valence-electron chi connectivity index (χ4n) is 1.17. The maximum absolute atomic E-state index is 8.43. The fourth-order valence-corrected chi connectivity index (χ4v) is 1.17. The maximum Gasteiger partial charge on any atom is 0.233 e. The van der Waals surface area contributed by atoms with E-state index >= 15 is 0 Å². The smallest absolute Gasteiger partial charge is 0.233 e. The normalized spacial score (nSPS) is 18.5. The molecule has 1 fully saturated rings. The minimum absolute atomic E-state index is 0.259. The molecule has 0 amide bonds. The highest BCUT2D eigenvalue weighted by Crippen LogP contribution is 2.26. The van der Waals surface area contributed by atoms with Crippen LogP contribution in [0.2, 0.25) is 0 Å². The molecule has 0 aliphatic heterocycles. The van der Waals surface area contributed by atoms with Gasteiger partial charge in [-0.15, -0.1) is 0 Å². The van der Waals surface area contributed by atoms with Gasteiger partial charge >= 0.3 is 0 Å². The number of hydrogen-bond acceptors (Lipinski definition) is 2. The molecular weight excluding hydrogens is 142 g/mol. The average molecular weight is 157 g/mol. The van der Waals surface area contributed by atoms with E-state index in [9.17, 15) is 0 Å². The number of nitrogens with two attached hydrogens (primary N) is 1. The Morgan fingerprint density at radius 2 is 2.36 bits per heavy atom. The molecule has 0 bridgehead atoms. The van der Waals surface area contributed by atoms with E-state index in [1.807, 2.05) is 4.90 Å². The fraction of sp³-hybridized carbons (Fsp3) is 0.857. The third-order valence-corrected chi connectivity index (χ3v) is 1.85. The molecule has 0 saturated heterocycles. The van der Waals surface area contributed by atoms with Gasteiger partial charge in [-0.3, -0.25) is 0 Å². The predicted octanol–water partition coefficient (Wildman–Crippen LogP) is 0.565. The first-order valence-corrected chi connectivity index (χ1v) is 4.03. The lowest BCUT2D eigenvalue weighted by atomic mass is 10.4. The number of oxime groups is 1. The maximum atomic E-state index is 8.43. The summed E-state index contributed by atoms with van der Waals surface area (Å²) in [6, 6.07) is 0.533. The Labute approximate surface area is 66.7 Å². The van der Waals surface area contributed by atoms with Gasteiger partial charge in [-0.25, -0.2) is 0 Å². The van der Waals surface area contributed by atoms with E-state index in [-0.39, 0.29) is 5.96 Å². The SMILES string of the molecule is CCCN(C(N)=NO)C1CC1. The van der Waals surface area contributed by atoms with Crippen LogP contribution in [0, 0.1) is 0 Å². The standard InChI is InChI=1S/C7H15N3O/c1-2-5-10(6-3-4-6)7(8)9-11/h6,11H,2-5H2,1H3,(H2,8,9). The van der Waals surface area contributed by atoms with Gasteiger partial charge in [0.2, 0.25) is 5.96 Å². The highest BCUT2D eigenvalue weighted by atomic mass is 16.4. The van der Waals surface area contributed by atoms with Crippen LogP contribution in [0.15, 0.2) is 5.16 Å². The first kappa shape index (κ1) is 8.17. The summed E-state index contributed by atoms with van der Waals surface area (Å²) in [6.07, 6.45) is 3.39. The van der Waals surface area contributed by atoms with Crippen LogP contribution in [0.1, 0.15) is 26.2 Å². The third kappa shape index (κ3) is 2.00. The van der Waals surface area contributed by atoms with Crippen molar-refractivity contribution in [2.75, 3.05) is 6.54 Å². The van der Waals surface area contributed by atoms with Gasteiger partial charge in [0.25, 0.3) is 0 Å². The van der Waals surface area contributed by atoms with E-state index in [1.54, 1.807) is 0 Å². The van der Waals surface area contributed by atoms with Crippen molar-refractivity contribution in [3.05, 3.63) is 0 Å². The second-order valence-electron chi connectivity index (χ2n) is 2.88. The van der Waals surface area contributed by atoms with Crippen molar-refractivity contribution in [2.45, 2.75) is 32.2 Å². The minimum Gasteiger partial charge on any atom is -0.408 e. The first-order valence-electron chi connectivity index (χ1n) is 4.03. The molecule has 0 unspecified atom stereocenters. The van der Waals surface area contributed by atoms with Gasteiger partial charge in [0.15, 0.2) is 0 Å². The molecule has 0 heterocycles. The van der Waals surface area contributed by atoms with Gasteiger partial charge in [0.05, 0.1) is 0 Å². The molecule has 1 saturated carbocycles. The Morgan fingerprint density at radius 3 is 2.73 bits per heavy atom. The van der Waals surface area contributed by atoms with E-state index in [4.69, 9.17) is 10.9 Å². The molecule has 64 valence electrons. The van der Waals surface area contributed by atoms with Crippen molar-refractivity contribution in [2.24, 2.45) is 10.9 Å². The van der Waals surface area contributed by atoms with Crippen molar-refractivity contribution in [1.82, 2.24) is 4.90 Å². The van der Waals surface area contributed by atoms with Gasteiger partial charge < -0.3 is 15.8 Å². The highest BCUT2D eigenvalue weighted by Gasteiger charge is 2.29. The Morgan fingerprint density at radius 1 is 1.73 bits per heavy atom. The molecule has 11 heavy (non-hydrogen) atoms. The lowest BCUT2D eigenvalue weighted by Gasteiger charge is -2.20. The molecule has 3 N–H and O–H groups in total. The Kier molecular flexibility index (Phi) is 2.57. The van der Waals surface area contributed by atoms with Gasteiger partial charge in [-0.2, -0.15) is 0 Å². The van der Waals surface area contributed by atoms with Crippen LogP contribution in [0.25, 0.3) is 0 Å². The molecular formula is C7H15N3O. The summed E-state index contributed by atoms with van der Waals surface area (Å²) in [6.45, 7) is 2.97. The lowest BCUT2D eigenvalue weighted by molar-refractivity contribution is 0.295. The molecule has 0 spiro atoms. The summed E-state index contributed by atoms with van der Waals surface area (Å²) in [5.74, 6) is 0.259. The zero-order chi connectivity index (χ0) is 8.27. The molecule has 0 atom stereocenters. The number of guanidine groups is 1. The van der Waals surface area contributed by atoms with Crippen LogP contribution >= 0.6 is 0 Å². The average Bonchev–Trinajstić information content (AvgIpc) is 2.81. The summed E-state index contributed by atoms with van der Waals surface area (Å²) >= 11 is 0. The van der Waals surface area contributed by atoms with Gasteiger partial charge in [-0.05, 0) is 19.3 Å². The number of nitrogens with zero attached hydrogens (tertiary/aromatic N) is 2. The van der Waals surface area contributed by atoms with E-state index in [0.29, 0.717) is 6.04 Å². The summed E-state index contributed by atoms with van der Waals surface area (Å²) in [5, 5.41) is 11.4. The molecule has 1 aliphatic rings. The van der Waals surface area contributed by atoms with Crippen molar-refractivity contribution >= 4 is 5.96 Å². The first-order chi connectivity index (χ1) is 5.29.